The summed E-state index contributed by atoms with van der Waals surface area (Å²) < 4.78 is 5.65. The average Bonchev–Trinajstić information content (AvgIpc) is 2.40. The van der Waals surface area contributed by atoms with Gasteiger partial charge in [-0.15, -0.1) is 0 Å². The molecule has 17 heavy (non-hydrogen) atoms. The van der Waals surface area contributed by atoms with Crippen molar-refractivity contribution in [2.24, 2.45) is 5.73 Å². The maximum absolute atomic E-state index is 5.65. The van der Waals surface area contributed by atoms with E-state index in [1.807, 2.05) is 6.20 Å². The molecular formula is C13H21N3O. The van der Waals surface area contributed by atoms with Crippen LogP contribution >= 0.6 is 0 Å². The molecule has 0 radical (unpaired) electrons. The second kappa shape index (κ2) is 6.10. The Morgan fingerprint density at radius 3 is 3.06 bits per heavy atom. The molecule has 2 heterocycles. The third-order valence-electron chi connectivity index (χ3n) is 3.19. The van der Waals surface area contributed by atoms with E-state index < -0.39 is 0 Å². The highest BCUT2D eigenvalue weighted by Crippen LogP contribution is 2.11. The first kappa shape index (κ1) is 12.5. The van der Waals surface area contributed by atoms with Gasteiger partial charge in [0.2, 0.25) is 0 Å². The number of rotatable bonds is 4. The van der Waals surface area contributed by atoms with Crippen LogP contribution < -0.4 is 5.73 Å². The minimum absolute atomic E-state index is 0.382. The standard InChI is InChI=1S/C13H21N3O/c1-2-13-10-16(5-6-17-13)9-12-4-3-11(7-14)8-15-12/h3-4,8,13H,2,5-7,9-10,14H2,1H3. The van der Waals surface area contributed by atoms with E-state index in [1.165, 1.54) is 0 Å². The summed E-state index contributed by atoms with van der Waals surface area (Å²) in [5, 5.41) is 0. The van der Waals surface area contributed by atoms with Crippen molar-refractivity contribution < 1.29 is 4.74 Å². The molecule has 1 aromatic heterocycles. The van der Waals surface area contributed by atoms with Gasteiger partial charge in [-0.1, -0.05) is 13.0 Å². The molecule has 1 saturated heterocycles. The number of morpholine rings is 1. The highest BCUT2D eigenvalue weighted by Gasteiger charge is 2.18. The number of nitrogens with two attached hydrogens (primary N) is 1. The van der Waals surface area contributed by atoms with Gasteiger partial charge in [-0.3, -0.25) is 9.88 Å². The lowest BCUT2D eigenvalue weighted by Crippen LogP contribution is -2.41. The lowest BCUT2D eigenvalue weighted by molar-refractivity contribution is -0.0328. The smallest absolute Gasteiger partial charge is 0.0700 e. The minimum Gasteiger partial charge on any atom is -0.376 e. The van der Waals surface area contributed by atoms with Crippen LogP contribution in [-0.2, 0) is 17.8 Å². The molecule has 4 nitrogen and oxygen atoms in total. The predicted molar refractivity (Wildman–Crippen MR) is 67.4 cm³/mol. The Hall–Kier alpha value is -0.970. The van der Waals surface area contributed by atoms with Crippen molar-refractivity contribution in [3.63, 3.8) is 0 Å². The fraction of sp³-hybridized carbons (Fsp3) is 0.615. The van der Waals surface area contributed by atoms with E-state index in [4.69, 9.17) is 10.5 Å². The molecule has 0 amide bonds. The molecule has 2 N–H and O–H groups in total. The number of aromatic nitrogens is 1. The number of nitrogens with zero attached hydrogens (tertiary/aromatic N) is 2. The SMILES string of the molecule is CCC1CN(Cc2ccc(CN)cn2)CCO1. The fourth-order valence-electron chi connectivity index (χ4n) is 2.07. The van der Waals surface area contributed by atoms with Crippen LogP contribution in [0.2, 0.25) is 0 Å². The molecule has 4 heteroatoms. The molecule has 1 aliphatic heterocycles. The zero-order valence-corrected chi connectivity index (χ0v) is 10.4. The van der Waals surface area contributed by atoms with Gasteiger partial charge in [0.25, 0.3) is 0 Å². The Labute approximate surface area is 103 Å². The van der Waals surface area contributed by atoms with Gasteiger partial charge in [0, 0.05) is 32.4 Å². The predicted octanol–water partition coefficient (Wildman–Crippen LogP) is 1.15. The summed E-state index contributed by atoms with van der Waals surface area (Å²) in [7, 11) is 0. The Morgan fingerprint density at radius 2 is 2.41 bits per heavy atom. The zero-order chi connectivity index (χ0) is 12.1. The van der Waals surface area contributed by atoms with Gasteiger partial charge in [-0.2, -0.15) is 0 Å². The summed E-state index contributed by atoms with van der Waals surface area (Å²) in [6.45, 7) is 6.48. The normalized spacial score (nSPS) is 21.6. The molecule has 94 valence electrons. The minimum atomic E-state index is 0.382. The van der Waals surface area contributed by atoms with Crippen molar-refractivity contribution in [3.8, 4) is 0 Å². The lowest BCUT2D eigenvalue weighted by atomic mass is 10.2. The van der Waals surface area contributed by atoms with Crippen LogP contribution in [0.25, 0.3) is 0 Å². The molecule has 1 aliphatic rings. The maximum atomic E-state index is 5.65. The van der Waals surface area contributed by atoms with E-state index >= 15 is 0 Å². The third kappa shape index (κ3) is 3.49. The molecule has 0 bridgehead atoms. The van der Waals surface area contributed by atoms with Gasteiger partial charge in [0.15, 0.2) is 0 Å². The highest BCUT2D eigenvalue weighted by molar-refractivity contribution is 5.13. The number of hydrogen-bond donors (Lipinski definition) is 1. The van der Waals surface area contributed by atoms with Gasteiger partial charge < -0.3 is 10.5 Å². The molecule has 0 saturated carbocycles. The second-order valence-corrected chi connectivity index (χ2v) is 4.50. The molecule has 1 fully saturated rings. The van der Waals surface area contributed by atoms with Crippen LogP contribution in [0, 0.1) is 0 Å². The van der Waals surface area contributed by atoms with Crippen LogP contribution in [0.3, 0.4) is 0 Å². The van der Waals surface area contributed by atoms with Gasteiger partial charge in [-0.25, -0.2) is 0 Å². The summed E-state index contributed by atoms with van der Waals surface area (Å²) in [6.07, 6.45) is 3.33. The Kier molecular flexibility index (Phi) is 4.48. The summed E-state index contributed by atoms with van der Waals surface area (Å²) in [4.78, 5) is 6.84. The van der Waals surface area contributed by atoms with Crippen LogP contribution in [0.15, 0.2) is 18.3 Å². The second-order valence-electron chi connectivity index (χ2n) is 4.50. The van der Waals surface area contributed by atoms with Crippen LogP contribution in [-0.4, -0.2) is 35.7 Å². The van der Waals surface area contributed by atoms with Gasteiger partial charge >= 0.3 is 0 Å². The molecule has 1 aromatic rings. The first-order chi connectivity index (χ1) is 8.31. The quantitative estimate of drug-likeness (QED) is 0.850. The first-order valence-electron chi connectivity index (χ1n) is 6.29. The Morgan fingerprint density at radius 1 is 1.53 bits per heavy atom. The van der Waals surface area contributed by atoms with Crippen molar-refractivity contribution in [1.29, 1.82) is 0 Å². The summed E-state index contributed by atoms with van der Waals surface area (Å²) >= 11 is 0. The highest BCUT2D eigenvalue weighted by atomic mass is 16.5. The van der Waals surface area contributed by atoms with Crippen molar-refractivity contribution >= 4 is 0 Å². The largest absolute Gasteiger partial charge is 0.376 e. The van der Waals surface area contributed by atoms with Crippen LogP contribution in [0.4, 0.5) is 0 Å². The topological polar surface area (TPSA) is 51.4 Å². The monoisotopic (exact) mass is 235 g/mol. The van der Waals surface area contributed by atoms with Crippen molar-refractivity contribution in [2.75, 3.05) is 19.7 Å². The Balaban J connectivity index is 1.90. The molecular weight excluding hydrogens is 214 g/mol. The maximum Gasteiger partial charge on any atom is 0.0700 e. The van der Waals surface area contributed by atoms with Crippen molar-refractivity contribution in [1.82, 2.24) is 9.88 Å². The van der Waals surface area contributed by atoms with E-state index in [-0.39, 0.29) is 0 Å². The molecule has 1 unspecified atom stereocenters. The van der Waals surface area contributed by atoms with E-state index in [0.717, 1.165) is 43.9 Å². The van der Waals surface area contributed by atoms with E-state index in [2.05, 4.69) is 28.9 Å². The lowest BCUT2D eigenvalue weighted by Gasteiger charge is -2.32. The zero-order valence-electron chi connectivity index (χ0n) is 10.4. The van der Waals surface area contributed by atoms with E-state index in [9.17, 15) is 0 Å². The van der Waals surface area contributed by atoms with Gasteiger partial charge in [0.1, 0.15) is 0 Å². The Bertz CT molecular complexity index is 339. The molecule has 1 atom stereocenters. The van der Waals surface area contributed by atoms with Gasteiger partial charge in [0.05, 0.1) is 18.4 Å². The number of hydrogen-bond acceptors (Lipinski definition) is 4. The fourth-order valence-corrected chi connectivity index (χ4v) is 2.07. The summed E-state index contributed by atoms with van der Waals surface area (Å²) in [5.74, 6) is 0. The number of ether oxygens (including phenoxy) is 1. The summed E-state index contributed by atoms with van der Waals surface area (Å²) in [6, 6.07) is 4.12. The average molecular weight is 235 g/mol. The van der Waals surface area contributed by atoms with Crippen molar-refractivity contribution in [3.05, 3.63) is 29.6 Å². The third-order valence-corrected chi connectivity index (χ3v) is 3.19. The first-order valence-corrected chi connectivity index (χ1v) is 6.29. The van der Waals surface area contributed by atoms with Crippen molar-refractivity contribution in [2.45, 2.75) is 32.5 Å². The molecule has 2 rings (SSSR count). The molecule has 0 spiro atoms. The summed E-state index contributed by atoms with van der Waals surface area (Å²) in [5.41, 5.74) is 7.75. The van der Waals surface area contributed by atoms with Crippen LogP contribution in [0.1, 0.15) is 24.6 Å². The van der Waals surface area contributed by atoms with Crippen LogP contribution in [0.5, 0.6) is 0 Å². The number of pyridine rings is 1. The van der Waals surface area contributed by atoms with E-state index in [1.54, 1.807) is 0 Å². The van der Waals surface area contributed by atoms with E-state index in [0.29, 0.717) is 12.6 Å². The van der Waals surface area contributed by atoms with Gasteiger partial charge in [-0.05, 0) is 18.1 Å². The molecule has 0 aliphatic carbocycles. The molecule has 0 aromatic carbocycles.